The fraction of sp³-hybridized carbons (Fsp3) is 0.125. The fourth-order valence-electron chi connectivity index (χ4n) is 2.51. The van der Waals surface area contributed by atoms with Crippen LogP contribution in [0.15, 0.2) is 34.1 Å². The van der Waals surface area contributed by atoms with Crippen molar-refractivity contribution in [3.63, 3.8) is 0 Å². The summed E-state index contributed by atoms with van der Waals surface area (Å²) in [5.41, 5.74) is 0.211. The van der Waals surface area contributed by atoms with Crippen LogP contribution in [0.25, 0.3) is 21.8 Å². The van der Waals surface area contributed by atoms with Crippen molar-refractivity contribution in [3.05, 3.63) is 56.1 Å². The summed E-state index contributed by atoms with van der Waals surface area (Å²) >= 11 is 0. The molecule has 0 unspecified atom stereocenters. The van der Waals surface area contributed by atoms with Crippen molar-refractivity contribution >= 4 is 33.4 Å². The second-order valence-electron chi connectivity index (χ2n) is 5.09. The van der Waals surface area contributed by atoms with Crippen molar-refractivity contribution in [1.82, 2.24) is 9.97 Å². The van der Waals surface area contributed by atoms with E-state index in [1.54, 1.807) is 0 Å². The molecule has 0 saturated heterocycles. The number of H-pyrrole nitrogens is 2. The van der Waals surface area contributed by atoms with Gasteiger partial charge in [0, 0.05) is 23.2 Å². The van der Waals surface area contributed by atoms with Crippen LogP contribution in [0.5, 0.6) is 0 Å². The topological polar surface area (TPSA) is 99.9 Å². The van der Waals surface area contributed by atoms with Gasteiger partial charge in [-0.15, -0.1) is 0 Å². The lowest BCUT2D eigenvalue weighted by atomic mass is 10.0. The summed E-state index contributed by atoms with van der Waals surface area (Å²) in [6, 6.07) is 2.98. The number of nitrogens with one attached hydrogen (secondary N) is 2. The molecule has 3 aromatic rings. The predicted octanol–water partition coefficient (Wildman–Crippen LogP) is 1.77. The molecule has 2 N–H and O–H groups in total. The number of rotatable bonds is 2. The summed E-state index contributed by atoms with van der Waals surface area (Å²) < 4.78 is 0. The van der Waals surface area contributed by atoms with Crippen LogP contribution in [0.2, 0.25) is 0 Å². The van der Waals surface area contributed by atoms with Crippen LogP contribution < -0.4 is 10.9 Å². The maximum absolute atomic E-state index is 12.3. The van der Waals surface area contributed by atoms with E-state index >= 15 is 0 Å². The zero-order chi connectivity index (χ0) is 16.0. The summed E-state index contributed by atoms with van der Waals surface area (Å²) in [4.78, 5) is 53.2. The second kappa shape index (κ2) is 4.77. The first-order chi connectivity index (χ1) is 10.4. The number of fused-ring (bicyclic) bond motifs is 3. The first kappa shape index (κ1) is 13.9. The van der Waals surface area contributed by atoms with E-state index in [1.165, 1.54) is 38.4 Å². The van der Waals surface area contributed by atoms with E-state index in [2.05, 4.69) is 9.97 Å². The van der Waals surface area contributed by atoms with Gasteiger partial charge in [0.2, 0.25) is 0 Å². The molecule has 0 fully saturated rings. The normalized spacial score (nSPS) is 11.0. The van der Waals surface area contributed by atoms with E-state index in [-0.39, 0.29) is 33.6 Å². The molecule has 0 spiro atoms. The monoisotopic (exact) mass is 296 g/mol. The van der Waals surface area contributed by atoms with Crippen molar-refractivity contribution in [2.45, 2.75) is 13.8 Å². The SMILES string of the molecule is CC(=O)c1c[nH]c2c(ccc3c(=O)c(C(C)=O)c[nH]c32)c1=O. The van der Waals surface area contributed by atoms with Crippen LogP contribution in [-0.4, -0.2) is 21.5 Å². The number of aromatic amines is 2. The molecule has 2 aromatic heterocycles. The third-order valence-corrected chi connectivity index (χ3v) is 3.66. The van der Waals surface area contributed by atoms with E-state index in [1.807, 2.05) is 0 Å². The molecule has 0 bridgehead atoms. The molecule has 3 rings (SSSR count). The Hall–Kier alpha value is -3.02. The second-order valence-corrected chi connectivity index (χ2v) is 5.09. The lowest BCUT2D eigenvalue weighted by Gasteiger charge is -2.06. The maximum atomic E-state index is 12.3. The highest BCUT2D eigenvalue weighted by Gasteiger charge is 2.14. The molecule has 0 aliphatic carbocycles. The number of benzene rings is 1. The summed E-state index contributed by atoms with van der Waals surface area (Å²) in [7, 11) is 0. The Balaban J connectivity index is 2.48. The lowest BCUT2D eigenvalue weighted by Crippen LogP contribution is -2.16. The van der Waals surface area contributed by atoms with Crippen molar-refractivity contribution in [1.29, 1.82) is 0 Å². The zero-order valence-corrected chi connectivity index (χ0v) is 11.9. The number of carbonyl (C=O) groups excluding carboxylic acids is 2. The average molecular weight is 296 g/mol. The minimum atomic E-state index is -0.389. The Bertz CT molecular complexity index is 986. The number of pyridine rings is 2. The van der Waals surface area contributed by atoms with Gasteiger partial charge in [-0.2, -0.15) is 0 Å². The molecule has 1 aromatic carbocycles. The number of Topliss-reactive ketones (excluding diaryl/α,β-unsaturated/α-hetero) is 2. The van der Waals surface area contributed by atoms with E-state index in [0.717, 1.165) is 0 Å². The molecule has 110 valence electrons. The minimum absolute atomic E-state index is 0.0644. The largest absolute Gasteiger partial charge is 0.359 e. The zero-order valence-electron chi connectivity index (χ0n) is 11.9. The molecule has 0 atom stereocenters. The van der Waals surface area contributed by atoms with Crippen LogP contribution in [-0.2, 0) is 0 Å². The van der Waals surface area contributed by atoms with E-state index in [4.69, 9.17) is 0 Å². The third kappa shape index (κ3) is 1.88. The van der Waals surface area contributed by atoms with Gasteiger partial charge in [0.25, 0.3) is 0 Å². The Labute approximate surface area is 123 Å². The Kier molecular flexibility index (Phi) is 3.02. The molecule has 0 saturated carbocycles. The Morgan fingerprint density at radius 2 is 1.14 bits per heavy atom. The Morgan fingerprint density at radius 3 is 1.45 bits per heavy atom. The number of hydrogen-bond donors (Lipinski definition) is 2. The van der Waals surface area contributed by atoms with Crippen molar-refractivity contribution in [2.75, 3.05) is 0 Å². The van der Waals surface area contributed by atoms with Crippen LogP contribution in [0.3, 0.4) is 0 Å². The fourth-order valence-corrected chi connectivity index (χ4v) is 2.51. The number of ketones is 2. The molecule has 0 amide bonds. The highest BCUT2D eigenvalue weighted by Crippen LogP contribution is 2.18. The lowest BCUT2D eigenvalue weighted by molar-refractivity contribution is 0.100. The quantitative estimate of drug-likeness (QED) is 0.556. The van der Waals surface area contributed by atoms with E-state index in [9.17, 15) is 19.2 Å². The van der Waals surface area contributed by atoms with Crippen LogP contribution >= 0.6 is 0 Å². The molecule has 6 nitrogen and oxygen atoms in total. The van der Waals surface area contributed by atoms with Gasteiger partial charge in [0.05, 0.1) is 22.2 Å². The first-order valence-corrected chi connectivity index (χ1v) is 6.63. The van der Waals surface area contributed by atoms with E-state index < -0.39 is 0 Å². The molecular weight excluding hydrogens is 284 g/mol. The van der Waals surface area contributed by atoms with Gasteiger partial charge in [-0.1, -0.05) is 0 Å². The van der Waals surface area contributed by atoms with Crippen LogP contribution in [0.1, 0.15) is 34.6 Å². The van der Waals surface area contributed by atoms with Crippen molar-refractivity contribution < 1.29 is 9.59 Å². The van der Waals surface area contributed by atoms with Gasteiger partial charge in [0.15, 0.2) is 22.4 Å². The summed E-state index contributed by atoms with van der Waals surface area (Å²) in [6.45, 7) is 2.64. The van der Waals surface area contributed by atoms with Crippen LogP contribution in [0.4, 0.5) is 0 Å². The first-order valence-electron chi connectivity index (χ1n) is 6.63. The third-order valence-electron chi connectivity index (χ3n) is 3.66. The molecular formula is C16H12N2O4. The minimum Gasteiger partial charge on any atom is -0.359 e. The van der Waals surface area contributed by atoms with E-state index in [0.29, 0.717) is 21.8 Å². The van der Waals surface area contributed by atoms with Gasteiger partial charge in [-0.05, 0) is 26.0 Å². The van der Waals surface area contributed by atoms with Crippen LogP contribution in [0, 0.1) is 0 Å². The molecule has 0 aliphatic heterocycles. The highest BCUT2D eigenvalue weighted by atomic mass is 16.1. The van der Waals surface area contributed by atoms with Gasteiger partial charge in [-0.25, -0.2) is 0 Å². The molecule has 22 heavy (non-hydrogen) atoms. The van der Waals surface area contributed by atoms with Gasteiger partial charge in [0.1, 0.15) is 0 Å². The standard InChI is InChI=1S/C16H12N2O4/c1-7(19)11-5-17-13-9(15(11)21)3-4-10-14(13)18-6-12(8(2)20)16(10)22/h3-6H,1-2H3,(H,17,21)(H,18,22). The summed E-state index contributed by atoms with van der Waals surface area (Å²) in [5.74, 6) is -0.660. The predicted molar refractivity (Wildman–Crippen MR) is 82.7 cm³/mol. The maximum Gasteiger partial charge on any atom is 0.200 e. The summed E-state index contributed by atoms with van der Waals surface area (Å²) in [5, 5.41) is 0.623. The van der Waals surface area contributed by atoms with Crippen molar-refractivity contribution in [2.24, 2.45) is 0 Å². The molecule has 6 heteroatoms. The highest BCUT2D eigenvalue weighted by molar-refractivity contribution is 6.07. The number of aromatic nitrogens is 2. The van der Waals surface area contributed by atoms with Gasteiger partial charge in [-0.3, -0.25) is 19.2 Å². The molecule has 2 heterocycles. The molecule has 0 radical (unpaired) electrons. The number of carbonyl (C=O) groups is 2. The summed E-state index contributed by atoms with van der Waals surface area (Å²) in [6.07, 6.45) is 2.67. The van der Waals surface area contributed by atoms with Gasteiger partial charge >= 0.3 is 0 Å². The molecule has 0 aliphatic rings. The number of hydrogen-bond acceptors (Lipinski definition) is 4. The smallest absolute Gasteiger partial charge is 0.200 e. The van der Waals surface area contributed by atoms with Crippen molar-refractivity contribution in [3.8, 4) is 0 Å². The van der Waals surface area contributed by atoms with Gasteiger partial charge < -0.3 is 9.97 Å². The average Bonchev–Trinajstić information content (AvgIpc) is 2.47. The Morgan fingerprint density at radius 1 is 0.773 bits per heavy atom.